The molecule has 1 aliphatic heterocycles. The zero-order valence-corrected chi connectivity index (χ0v) is 16.8. The van der Waals surface area contributed by atoms with Crippen LogP contribution in [0.4, 0.5) is 4.39 Å². The molecule has 1 heterocycles. The smallest absolute Gasteiger partial charge is 0.260 e. The van der Waals surface area contributed by atoms with Gasteiger partial charge in [0, 0.05) is 39.8 Å². The van der Waals surface area contributed by atoms with Crippen molar-refractivity contribution >= 4 is 15.9 Å². The number of sulfonamides is 1. The van der Waals surface area contributed by atoms with Crippen molar-refractivity contribution in [3.8, 4) is 5.75 Å². The predicted molar refractivity (Wildman–Crippen MR) is 102 cm³/mol. The molecule has 0 radical (unpaired) electrons. The van der Waals surface area contributed by atoms with Crippen molar-refractivity contribution in [2.24, 2.45) is 0 Å². The maximum Gasteiger partial charge on any atom is 0.260 e. The molecule has 0 saturated carbocycles. The van der Waals surface area contributed by atoms with Crippen molar-refractivity contribution in [1.29, 1.82) is 0 Å². The summed E-state index contributed by atoms with van der Waals surface area (Å²) in [4.78, 5) is 16.3. The molecule has 0 spiro atoms. The van der Waals surface area contributed by atoms with Crippen LogP contribution in [0, 0.1) is 5.82 Å². The second kappa shape index (κ2) is 10.0. The summed E-state index contributed by atoms with van der Waals surface area (Å²) in [5.41, 5.74) is 0. The van der Waals surface area contributed by atoms with E-state index in [9.17, 15) is 17.6 Å². The minimum absolute atomic E-state index is 0.121. The first-order chi connectivity index (χ1) is 12.8. The van der Waals surface area contributed by atoms with Gasteiger partial charge in [-0.1, -0.05) is 6.07 Å². The van der Waals surface area contributed by atoms with Crippen LogP contribution >= 0.6 is 0 Å². The van der Waals surface area contributed by atoms with Crippen LogP contribution in [0.25, 0.3) is 0 Å². The van der Waals surface area contributed by atoms with Gasteiger partial charge in [-0.05, 0) is 38.1 Å². The Hall–Kier alpha value is -1.71. The van der Waals surface area contributed by atoms with Crippen molar-refractivity contribution in [2.75, 3.05) is 59.2 Å². The van der Waals surface area contributed by atoms with E-state index < -0.39 is 15.8 Å². The second-order valence-corrected chi connectivity index (χ2v) is 9.08. The zero-order chi connectivity index (χ0) is 19.9. The van der Waals surface area contributed by atoms with E-state index >= 15 is 0 Å². The topological polar surface area (TPSA) is 70.2 Å². The van der Waals surface area contributed by atoms with Gasteiger partial charge in [0.1, 0.15) is 11.6 Å². The lowest BCUT2D eigenvalue weighted by atomic mass is 10.3. The largest absolute Gasteiger partial charge is 0.484 e. The first kappa shape index (κ1) is 21.6. The van der Waals surface area contributed by atoms with Crippen molar-refractivity contribution in [3.05, 3.63) is 30.1 Å². The van der Waals surface area contributed by atoms with Crippen LogP contribution in [0.15, 0.2) is 24.3 Å². The lowest BCUT2D eigenvalue weighted by Gasteiger charge is -2.22. The molecule has 1 fully saturated rings. The highest BCUT2D eigenvalue weighted by atomic mass is 32.2. The first-order valence-electron chi connectivity index (χ1n) is 9.06. The Labute approximate surface area is 160 Å². The summed E-state index contributed by atoms with van der Waals surface area (Å²) >= 11 is 0. The number of benzene rings is 1. The first-order valence-corrected chi connectivity index (χ1v) is 10.7. The third-order valence-electron chi connectivity index (χ3n) is 4.53. The van der Waals surface area contributed by atoms with Gasteiger partial charge in [0.25, 0.3) is 5.91 Å². The Morgan fingerprint density at radius 2 is 2.00 bits per heavy atom. The van der Waals surface area contributed by atoms with Crippen LogP contribution < -0.4 is 4.74 Å². The van der Waals surface area contributed by atoms with Gasteiger partial charge in [0.05, 0.1) is 5.75 Å². The van der Waals surface area contributed by atoms with Crippen LogP contribution in [0.2, 0.25) is 0 Å². The number of halogens is 1. The second-order valence-electron chi connectivity index (χ2n) is 6.77. The molecule has 1 aliphatic rings. The molecule has 9 heteroatoms. The monoisotopic (exact) mass is 401 g/mol. The molecule has 0 unspecified atom stereocenters. The number of amides is 1. The SMILES string of the molecule is CN(C)S(=O)(=O)CCCN1CCCN(C(=O)COc2cccc(F)c2)CC1. The fourth-order valence-electron chi connectivity index (χ4n) is 2.89. The Morgan fingerprint density at radius 1 is 1.22 bits per heavy atom. The summed E-state index contributed by atoms with van der Waals surface area (Å²) in [5, 5.41) is 0. The normalized spacial score (nSPS) is 16.4. The van der Waals surface area contributed by atoms with Gasteiger partial charge >= 0.3 is 0 Å². The van der Waals surface area contributed by atoms with Gasteiger partial charge in [0.2, 0.25) is 10.0 Å². The Morgan fingerprint density at radius 3 is 2.70 bits per heavy atom. The summed E-state index contributed by atoms with van der Waals surface area (Å²) in [6.07, 6.45) is 1.39. The molecule has 0 aliphatic carbocycles. The highest BCUT2D eigenvalue weighted by Crippen LogP contribution is 2.12. The van der Waals surface area contributed by atoms with E-state index in [0.717, 1.165) is 13.0 Å². The van der Waals surface area contributed by atoms with Gasteiger partial charge in [-0.15, -0.1) is 0 Å². The van der Waals surface area contributed by atoms with Gasteiger partial charge < -0.3 is 14.5 Å². The fraction of sp³-hybridized carbons (Fsp3) is 0.611. The number of hydrogen-bond donors (Lipinski definition) is 0. The molecule has 7 nitrogen and oxygen atoms in total. The van der Waals surface area contributed by atoms with E-state index in [2.05, 4.69) is 4.90 Å². The number of carbonyl (C=O) groups excluding carboxylic acids is 1. The standard InChI is InChI=1S/C18H28FN3O4S/c1-20(2)27(24,25)13-5-9-21-8-4-10-22(12-11-21)18(23)15-26-17-7-3-6-16(19)14-17/h3,6-7,14H,4-5,8-13,15H2,1-2H3. The minimum Gasteiger partial charge on any atom is -0.484 e. The molecule has 2 rings (SSSR count). The summed E-state index contributed by atoms with van der Waals surface area (Å²) in [6.45, 7) is 3.31. The number of hydrogen-bond acceptors (Lipinski definition) is 5. The molecule has 0 atom stereocenters. The summed E-state index contributed by atoms with van der Waals surface area (Å²) in [6, 6.07) is 5.72. The molecule has 1 amide bonds. The molecule has 0 bridgehead atoms. The zero-order valence-electron chi connectivity index (χ0n) is 15.9. The molecular weight excluding hydrogens is 373 g/mol. The maximum absolute atomic E-state index is 13.1. The van der Waals surface area contributed by atoms with E-state index in [4.69, 9.17) is 4.74 Å². The third kappa shape index (κ3) is 7.08. The average Bonchev–Trinajstić information content (AvgIpc) is 2.85. The summed E-state index contributed by atoms with van der Waals surface area (Å²) in [7, 11) is -0.0935. The van der Waals surface area contributed by atoms with Gasteiger partial charge in [-0.3, -0.25) is 4.79 Å². The molecule has 152 valence electrons. The highest BCUT2D eigenvalue weighted by molar-refractivity contribution is 7.89. The van der Waals surface area contributed by atoms with Crippen molar-refractivity contribution in [2.45, 2.75) is 12.8 Å². The molecule has 27 heavy (non-hydrogen) atoms. The average molecular weight is 402 g/mol. The van der Waals surface area contributed by atoms with Gasteiger partial charge in [0.15, 0.2) is 6.61 Å². The van der Waals surface area contributed by atoms with Crippen LogP contribution in [-0.4, -0.2) is 87.6 Å². The van der Waals surface area contributed by atoms with Crippen LogP contribution in [0.5, 0.6) is 5.75 Å². The van der Waals surface area contributed by atoms with Crippen molar-refractivity contribution < 1.29 is 22.3 Å². The Kier molecular flexibility index (Phi) is 8.00. The third-order valence-corrected chi connectivity index (χ3v) is 6.45. The van der Waals surface area contributed by atoms with Gasteiger partial charge in [-0.25, -0.2) is 17.1 Å². The quantitative estimate of drug-likeness (QED) is 0.651. The Balaban J connectivity index is 1.74. The lowest BCUT2D eigenvalue weighted by molar-refractivity contribution is -0.133. The summed E-state index contributed by atoms with van der Waals surface area (Å²) < 4.78 is 43.4. The van der Waals surface area contributed by atoms with E-state index in [1.54, 1.807) is 11.0 Å². The van der Waals surface area contributed by atoms with Crippen molar-refractivity contribution in [1.82, 2.24) is 14.1 Å². The highest BCUT2D eigenvalue weighted by Gasteiger charge is 2.20. The number of carbonyl (C=O) groups is 1. The van der Waals surface area contributed by atoms with E-state index in [1.165, 1.54) is 36.6 Å². The van der Waals surface area contributed by atoms with E-state index in [-0.39, 0.29) is 18.3 Å². The number of ether oxygens (including phenoxy) is 1. The predicted octanol–water partition coefficient (Wildman–Crippen LogP) is 1.02. The maximum atomic E-state index is 13.1. The minimum atomic E-state index is -3.17. The lowest BCUT2D eigenvalue weighted by Crippen LogP contribution is -2.38. The van der Waals surface area contributed by atoms with Crippen LogP contribution in [0.1, 0.15) is 12.8 Å². The van der Waals surface area contributed by atoms with Crippen LogP contribution in [-0.2, 0) is 14.8 Å². The molecule has 1 aromatic rings. The molecule has 1 saturated heterocycles. The Bertz CT molecular complexity index is 727. The van der Waals surface area contributed by atoms with Crippen LogP contribution in [0.3, 0.4) is 0 Å². The molecular formula is C18H28FN3O4S. The molecule has 0 aromatic heterocycles. The van der Waals surface area contributed by atoms with E-state index in [0.29, 0.717) is 38.3 Å². The van der Waals surface area contributed by atoms with Crippen molar-refractivity contribution in [3.63, 3.8) is 0 Å². The summed E-state index contributed by atoms with van der Waals surface area (Å²) in [5.74, 6) is -0.0690. The number of nitrogens with zero attached hydrogens (tertiary/aromatic N) is 3. The number of rotatable bonds is 8. The molecule has 0 N–H and O–H groups in total. The van der Waals surface area contributed by atoms with Gasteiger partial charge in [-0.2, -0.15) is 0 Å². The molecule has 1 aromatic carbocycles. The van der Waals surface area contributed by atoms with E-state index in [1.807, 2.05) is 0 Å². The fourth-order valence-corrected chi connectivity index (χ4v) is 3.75.